The second-order valence-corrected chi connectivity index (χ2v) is 4.13. The Hall–Kier alpha value is -2.96. The lowest BCUT2D eigenvalue weighted by Crippen LogP contribution is -2.24. The molecule has 1 aromatic heterocycles. The van der Waals surface area contributed by atoms with Crippen molar-refractivity contribution in [3.8, 4) is 0 Å². The van der Waals surface area contributed by atoms with Crippen molar-refractivity contribution in [3.05, 3.63) is 59.4 Å². The molecule has 0 bridgehead atoms. The molecule has 0 fully saturated rings. The second-order valence-electron chi connectivity index (χ2n) is 4.13. The highest BCUT2D eigenvalue weighted by atomic mass is 19.1. The van der Waals surface area contributed by atoms with Crippen LogP contribution >= 0.6 is 0 Å². The van der Waals surface area contributed by atoms with Crippen molar-refractivity contribution in [2.45, 2.75) is 6.54 Å². The molecule has 0 unspecified atom stereocenters. The Morgan fingerprint density at radius 3 is 2.90 bits per heavy atom. The van der Waals surface area contributed by atoms with E-state index in [9.17, 15) is 14.0 Å². The van der Waals surface area contributed by atoms with Gasteiger partial charge in [0.15, 0.2) is 0 Å². The van der Waals surface area contributed by atoms with Crippen LogP contribution in [0.1, 0.15) is 21.7 Å². The number of halogens is 1. The van der Waals surface area contributed by atoms with Gasteiger partial charge in [-0.05, 0) is 23.8 Å². The van der Waals surface area contributed by atoms with Crippen LogP contribution < -0.4 is 5.32 Å². The molecular weight excluding hydrogens is 277 g/mol. The first-order valence-electron chi connectivity index (χ1n) is 6.03. The Kier molecular flexibility index (Phi) is 4.45. The summed E-state index contributed by atoms with van der Waals surface area (Å²) in [5.74, 6) is -1.86. The second kappa shape index (κ2) is 6.47. The molecule has 21 heavy (non-hydrogen) atoms. The Morgan fingerprint density at radius 1 is 1.43 bits per heavy atom. The zero-order valence-electron chi connectivity index (χ0n) is 10.8. The topological polar surface area (TPSA) is 95.1 Å². The SMILES string of the molecule is O=C(O)C=Cc1ccc(F)c(C(=O)NCc2ncc[nH]2)c1. The number of benzene rings is 1. The highest BCUT2D eigenvalue weighted by Gasteiger charge is 2.12. The third-order valence-electron chi connectivity index (χ3n) is 2.62. The van der Waals surface area contributed by atoms with Gasteiger partial charge in [0.1, 0.15) is 11.6 Å². The third kappa shape index (κ3) is 4.00. The van der Waals surface area contributed by atoms with Gasteiger partial charge in [-0.3, -0.25) is 4.79 Å². The van der Waals surface area contributed by atoms with E-state index >= 15 is 0 Å². The molecule has 3 N–H and O–H groups in total. The molecule has 1 amide bonds. The summed E-state index contributed by atoms with van der Waals surface area (Å²) < 4.78 is 13.7. The summed E-state index contributed by atoms with van der Waals surface area (Å²) >= 11 is 0. The van der Waals surface area contributed by atoms with Crippen molar-refractivity contribution in [2.24, 2.45) is 0 Å². The monoisotopic (exact) mass is 289 g/mol. The molecule has 0 saturated heterocycles. The summed E-state index contributed by atoms with van der Waals surface area (Å²) in [7, 11) is 0. The van der Waals surface area contributed by atoms with Crippen LogP contribution in [0.15, 0.2) is 36.7 Å². The molecule has 0 saturated carbocycles. The fourth-order valence-corrected chi connectivity index (χ4v) is 1.64. The number of aromatic amines is 1. The number of carbonyl (C=O) groups is 2. The van der Waals surface area contributed by atoms with Crippen LogP contribution in [-0.2, 0) is 11.3 Å². The molecule has 2 aromatic rings. The maximum Gasteiger partial charge on any atom is 0.328 e. The zero-order chi connectivity index (χ0) is 15.2. The van der Waals surface area contributed by atoms with E-state index in [1.54, 1.807) is 12.4 Å². The number of H-pyrrole nitrogens is 1. The summed E-state index contributed by atoms with van der Waals surface area (Å²) in [5.41, 5.74) is 0.260. The summed E-state index contributed by atoms with van der Waals surface area (Å²) in [6.45, 7) is 0.139. The van der Waals surface area contributed by atoms with Gasteiger partial charge in [0.05, 0.1) is 12.1 Å². The van der Waals surface area contributed by atoms with Gasteiger partial charge < -0.3 is 15.4 Å². The van der Waals surface area contributed by atoms with E-state index in [4.69, 9.17) is 5.11 Å². The molecule has 1 heterocycles. The minimum atomic E-state index is -1.12. The van der Waals surface area contributed by atoms with Crippen molar-refractivity contribution >= 4 is 18.0 Å². The van der Waals surface area contributed by atoms with E-state index in [1.807, 2.05) is 0 Å². The molecule has 2 rings (SSSR count). The zero-order valence-corrected chi connectivity index (χ0v) is 10.8. The van der Waals surface area contributed by atoms with Gasteiger partial charge in [-0.2, -0.15) is 0 Å². The van der Waals surface area contributed by atoms with Crippen LogP contribution in [0.5, 0.6) is 0 Å². The summed E-state index contributed by atoms with van der Waals surface area (Å²) in [6, 6.07) is 3.79. The van der Waals surface area contributed by atoms with Gasteiger partial charge in [-0.25, -0.2) is 14.2 Å². The van der Waals surface area contributed by atoms with Gasteiger partial charge >= 0.3 is 5.97 Å². The van der Waals surface area contributed by atoms with E-state index < -0.39 is 17.7 Å². The van der Waals surface area contributed by atoms with Crippen LogP contribution in [0, 0.1) is 5.82 Å². The van der Waals surface area contributed by atoms with E-state index in [0.29, 0.717) is 11.4 Å². The predicted molar refractivity (Wildman–Crippen MR) is 72.8 cm³/mol. The number of aromatic nitrogens is 2. The number of nitrogens with zero attached hydrogens (tertiary/aromatic N) is 1. The number of hydrogen-bond acceptors (Lipinski definition) is 3. The Labute approximate surface area is 119 Å². The number of carbonyl (C=O) groups excluding carboxylic acids is 1. The van der Waals surface area contributed by atoms with E-state index in [2.05, 4.69) is 15.3 Å². The maximum atomic E-state index is 13.7. The molecular formula is C14H12FN3O3. The molecule has 0 aliphatic carbocycles. The average Bonchev–Trinajstić information content (AvgIpc) is 2.97. The van der Waals surface area contributed by atoms with Crippen LogP contribution in [-0.4, -0.2) is 27.0 Å². The average molecular weight is 289 g/mol. The van der Waals surface area contributed by atoms with Crippen molar-refractivity contribution in [1.82, 2.24) is 15.3 Å². The van der Waals surface area contributed by atoms with Crippen LogP contribution in [0.2, 0.25) is 0 Å². The Bertz CT molecular complexity index is 681. The summed E-state index contributed by atoms with van der Waals surface area (Å²) in [5, 5.41) is 11.1. The minimum absolute atomic E-state index is 0.139. The number of rotatable bonds is 5. The maximum absolute atomic E-state index is 13.7. The Balaban J connectivity index is 2.12. The summed E-state index contributed by atoms with van der Waals surface area (Å²) in [6.07, 6.45) is 5.35. The first-order chi connectivity index (χ1) is 10.1. The predicted octanol–water partition coefficient (Wildman–Crippen LogP) is 1.58. The van der Waals surface area contributed by atoms with Crippen molar-refractivity contribution in [1.29, 1.82) is 0 Å². The molecule has 6 nitrogen and oxygen atoms in total. The van der Waals surface area contributed by atoms with Crippen LogP contribution in [0.4, 0.5) is 4.39 Å². The number of carboxylic acid groups (broad SMARTS) is 1. The normalized spacial score (nSPS) is 10.7. The minimum Gasteiger partial charge on any atom is -0.478 e. The fourth-order valence-electron chi connectivity index (χ4n) is 1.64. The smallest absolute Gasteiger partial charge is 0.328 e. The largest absolute Gasteiger partial charge is 0.478 e. The molecule has 108 valence electrons. The van der Waals surface area contributed by atoms with Gasteiger partial charge in [0.25, 0.3) is 5.91 Å². The number of amides is 1. The number of carboxylic acids is 1. The molecule has 0 aliphatic rings. The number of imidazole rings is 1. The van der Waals surface area contributed by atoms with Gasteiger partial charge in [-0.15, -0.1) is 0 Å². The van der Waals surface area contributed by atoms with Gasteiger partial charge in [0.2, 0.25) is 0 Å². The highest BCUT2D eigenvalue weighted by molar-refractivity contribution is 5.95. The van der Waals surface area contributed by atoms with Crippen LogP contribution in [0.25, 0.3) is 6.08 Å². The fraction of sp³-hybridized carbons (Fsp3) is 0.0714. The van der Waals surface area contributed by atoms with Gasteiger partial charge in [0, 0.05) is 18.5 Å². The number of nitrogens with one attached hydrogen (secondary N) is 2. The van der Waals surface area contributed by atoms with Gasteiger partial charge in [-0.1, -0.05) is 6.07 Å². The van der Waals surface area contributed by atoms with Crippen molar-refractivity contribution in [3.63, 3.8) is 0 Å². The van der Waals surface area contributed by atoms with Crippen molar-refractivity contribution in [2.75, 3.05) is 0 Å². The quantitative estimate of drug-likeness (QED) is 0.728. The molecule has 0 aliphatic heterocycles. The van der Waals surface area contributed by atoms with E-state index in [1.165, 1.54) is 18.2 Å². The number of aliphatic carboxylic acids is 1. The number of hydrogen-bond donors (Lipinski definition) is 3. The standard InChI is InChI=1S/C14H12FN3O3/c15-11-3-1-9(2-4-13(19)20)7-10(11)14(21)18-8-12-16-5-6-17-12/h1-7H,8H2,(H,16,17)(H,18,21)(H,19,20). The lowest BCUT2D eigenvalue weighted by molar-refractivity contribution is -0.131. The molecule has 1 aromatic carbocycles. The Morgan fingerprint density at radius 2 is 2.24 bits per heavy atom. The lowest BCUT2D eigenvalue weighted by Gasteiger charge is -2.05. The van der Waals surface area contributed by atoms with E-state index in [-0.39, 0.29) is 12.1 Å². The molecule has 0 spiro atoms. The van der Waals surface area contributed by atoms with Crippen LogP contribution in [0.3, 0.4) is 0 Å². The first-order valence-corrected chi connectivity index (χ1v) is 6.03. The highest BCUT2D eigenvalue weighted by Crippen LogP contribution is 2.12. The molecule has 7 heteroatoms. The summed E-state index contributed by atoms with van der Waals surface area (Å²) in [4.78, 5) is 29.1. The lowest BCUT2D eigenvalue weighted by atomic mass is 10.1. The van der Waals surface area contributed by atoms with Crippen molar-refractivity contribution < 1.29 is 19.1 Å². The third-order valence-corrected chi connectivity index (χ3v) is 2.62. The molecule has 0 atom stereocenters. The first kappa shape index (κ1) is 14.4. The molecule has 0 radical (unpaired) electrons. The van der Waals surface area contributed by atoms with E-state index in [0.717, 1.165) is 12.1 Å².